The molecule has 0 aliphatic heterocycles. The van der Waals surface area contributed by atoms with Crippen LogP contribution in [0.15, 0.2) is 0 Å². The van der Waals surface area contributed by atoms with Crippen LogP contribution in [-0.2, 0) is 4.74 Å². The summed E-state index contributed by atoms with van der Waals surface area (Å²) >= 11 is 0. The molecule has 0 bridgehead atoms. The topological polar surface area (TPSA) is 21.3 Å². The Morgan fingerprint density at radius 2 is 1.69 bits per heavy atom. The fourth-order valence-electron chi connectivity index (χ4n) is 2.32. The molecule has 0 amide bonds. The molecule has 0 rings (SSSR count). The summed E-state index contributed by atoms with van der Waals surface area (Å²) in [4.78, 5) is 0. The maximum Gasteiger partial charge on any atom is 0.0528 e. The SMILES string of the molecule is CCCCCCCCC(C)(CNC)COC. The van der Waals surface area contributed by atoms with Gasteiger partial charge in [-0.15, -0.1) is 0 Å². The summed E-state index contributed by atoms with van der Waals surface area (Å²) < 4.78 is 5.32. The minimum absolute atomic E-state index is 0.314. The van der Waals surface area contributed by atoms with Gasteiger partial charge < -0.3 is 10.1 Å². The summed E-state index contributed by atoms with van der Waals surface area (Å²) in [6.07, 6.45) is 9.52. The summed E-state index contributed by atoms with van der Waals surface area (Å²) in [7, 11) is 3.82. The van der Waals surface area contributed by atoms with E-state index >= 15 is 0 Å². The van der Waals surface area contributed by atoms with E-state index in [0.29, 0.717) is 5.41 Å². The average Bonchev–Trinajstić information content (AvgIpc) is 2.24. The first-order valence-electron chi connectivity index (χ1n) is 6.82. The molecule has 0 aliphatic carbocycles. The molecule has 0 aliphatic rings. The van der Waals surface area contributed by atoms with Crippen LogP contribution in [0.4, 0.5) is 0 Å². The van der Waals surface area contributed by atoms with E-state index in [2.05, 4.69) is 19.2 Å². The smallest absolute Gasteiger partial charge is 0.0528 e. The summed E-state index contributed by atoms with van der Waals surface area (Å²) in [6.45, 7) is 6.50. The molecular weight excluding hydrogens is 198 g/mol. The Morgan fingerprint density at radius 3 is 2.25 bits per heavy atom. The second-order valence-electron chi connectivity index (χ2n) is 5.29. The number of rotatable bonds is 11. The van der Waals surface area contributed by atoms with E-state index in [-0.39, 0.29) is 0 Å². The monoisotopic (exact) mass is 229 g/mol. The molecule has 0 aromatic heterocycles. The third kappa shape index (κ3) is 8.12. The molecule has 1 N–H and O–H groups in total. The Balaban J connectivity index is 3.59. The van der Waals surface area contributed by atoms with Crippen molar-refractivity contribution in [1.29, 1.82) is 0 Å². The van der Waals surface area contributed by atoms with E-state index in [9.17, 15) is 0 Å². The third-order valence-corrected chi connectivity index (χ3v) is 3.23. The lowest BCUT2D eigenvalue weighted by Gasteiger charge is -2.28. The number of unbranched alkanes of at least 4 members (excludes halogenated alkanes) is 5. The fourth-order valence-corrected chi connectivity index (χ4v) is 2.32. The molecule has 0 aromatic rings. The van der Waals surface area contributed by atoms with Crippen LogP contribution in [0.3, 0.4) is 0 Å². The van der Waals surface area contributed by atoms with Crippen molar-refractivity contribution in [2.24, 2.45) is 5.41 Å². The second kappa shape index (κ2) is 10.1. The maximum absolute atomic E-state index is 5.32. The van der Waals surface area contributed by atoms with Crippen molar-refractivity contribution in [3.05, 3.63) is 0 Å². The van der Waals surface area contributed by atoms with Crippen molar-refractivity contribution < 1.29 is 4.74 Å². The highest BCUT2D eigenvalue weighted by Gasteiger charge is 2.22. The molecule has 0 fully saturated rings. The highest BCUT2D eigenvalue weighted by atomic mass is 16.5. The Bertz CT molecular complexity index is 142. The summed E-state index contributed by atoms with van der Waals surface area (Å²) in [5.41, 5.74) is 0.314. The first-order valence-corrected chi connectivity index (χ1v) is 6.82. The number of ether oxygens (including phenoxy) is 1. The minimum atomic E-state index is 0.314. The van der Waals surface area contributed by atoms with Crippen LogP contribution in [-0.4, -0.2) is 27.3 Å². The van der Waals surface area contributed by atoms with E-state index < -0.39 is 0 Å². The molecule has 1 atom stereocenters. The van der Waals surface area contributed by atoms with Gasteiger partial charge in [0.05, 0.1) is 6.61 Å². The first kappa shape index (κ1) is 15.9. The lowest BCUT2D eigenvalue weighted by atomic mass is 9.85. The van der Waals surface area contributed by atoms with Crippen molar-refractivity contribution >= 4 is 0 Å². The van der Waals surface area contributed by atoms with Crippen molar-refractivity contribution in [3.8, 4) is 0 Å². The van der Waals surface area contributed by atoms with Gasteiger partial charge in [-0.05, 0) is 13.5 Å². The van der Waals surface area contributed by atoms with Gasteiger partial charge in [0.25, 0.3) is 0 Å². The van der Waals surface area contributed by atoms with E-state index in [1.165, 1.54) is 44.9 Å². The van der Waals surface area contributed by atoms with Gasteiger partial charge in [-0.1, -0.05) is 52.4 Å². The maximum atomic E-state index is 5.32. The van der Waals surface area contributed by atoms with Gasteiger partial charge in [0.2, 0.25) is 0 Å². The molecule has 0 aromatic carbocycles. The lowest BCUT2D eigenvalue weighted by molar-refractivity contribution is 0.0838. The average molecular weight is 229 g/mol. The van der Waals surface area contributed by atoms with Crippen LogP contribution in [0.1, 0.15) is 58.8 Å². The molecule has 1 unspecified atom stereocenters. The molecule has 0 spiro atoms. The van der Waals surface area contributed by atoms with Crippen LogP contribution >= 0.6 is 0 Å². The van der Waals surface area contributed by atoms with E-state index in [0.717, 1.165) is 13.2 Å². The van der Waals surface area contributed by atoms with Gasteiger partial charge in [0.15, 0.2) is 0 Å². The first-order chi connectivity index (χ1) is 7.68. The molecule has 2 nitrogen and oxygen atoms in total. The molecule has 0 saturated carbocycles. The van der Waals surface area contributed by atoms with Gasteiger partial charge >= 0.3 is 0 Å². The predicted molar refractivity (Wildman–Crippen MR) is 71.9 cm³/mol. The molecule has 98 valence electrons. The Labute approximate surface area is 102 Å². The molecular formula is C14H31NO. The zero-order valence-corrected chi connectivity index (χ0v) is 11.8. The van der Waals surface area contributed by atoms with Crippen LogP contribution in [0, 0.1) is 5.41 Å². The summed E-state index contributed by atoms with van der Waals surface area (Å²) in [6, 6.07) is 0. The van der Waals surface area contributed by atoms with Crippen molar-refractivity contribution in [2.45, 2.75) is 58.8 Å². The molecule has 16 heavy (non-hydrogen) atoms. The highest BCUT2D eigenvalue weighted by Crippen LogP contribution is 2.24. The van der Waals surface area contributed by atoms with Crippen molar-refractivity contribution in [1.82, 2.24) is 5.32 Å². The normalized spacial score (nSPS) is 15.0. The molecule has 2 heteroatoms. The lowest BCUT2D eigenvalue weighted by Crippen LogP contribution is -2.33. The quantitative estimate of drug-likeness (QED) is 0.546. The highest BCUT2D eigenvalue weighted by molar-refractivity contribution is 4.75. The molecule has 0 radical (unpaired) electrons. The zero-order chi connectivity index (χ0) is 12.3. The van der Waals surface area contributed by atoms with Gasteiger partial charge in [-0.25, -0.2) is 0 Å². The number of nitrogens with one attached hydrogen (secondary N) is 1. The van der Waals surface area contributed by atoms with Crippen LogP contribution in [0.5, 0.6) is 0 Å². The minimum Gasteiger partial charge on any atom is -0.384 e. The third-order valence-electron chi connectivity index (χ3n) is 3.23. The van der Waals surface area contributed by atoms with Gasteiger partial charge in [0.1, 0.15) is 0 Å². The predicted octanol–water partition coefficient (Wildman–Crippen LogP) is 3.61. The standard InChI is InChI=1S/C14H31NO/c1-5-6-7-8-9-10-11-14(2,12-15-3)13-16-4/h15H,5-13H2,1-4H3. The second-order valence-corrected chi connectivity index (χ2v) is 5.29. The van der Waals surface area contributed by atoms with E-state index in [1.54, 1.807) is 7.11 Å². The largest absolute Gasteiger partial charge is 0.384 e. The van der Waals surface area contributed by atoms with E-state index in [4.69, 9.17) is 4.74 Å². The number of hydrogen-bond donors (Lipinski definition) is 1. The number of methoxy groups -OCH3 is 1. The molecule has 0 heterocycles. The summed E-state index contributed by atoms with van der Waals surface area (Å²) in [5, 5.41) is 3.27. The number of hydrogen-bond acceptors (Lipinski definition) is 2. The zero-order valence-electron chi connectivity index (χ0n) is 11.8. The van der Waals surface area contributed by atoms with Crippen molar-refractivity contribution in [3.63, 3.8) is 0 Å². The summed E-state index contributed by atoms with van der Waals surface area (Å²) in [5.74, 6) is 0. The Kier molecular flexibility index (Phi) is 10.0. The Hall–Kier alpha value is -0.0800. The van der Waals surface area contributed by atoms with Crippen LogP contribution in [0.25, 0.3) is 0 Å². The fraction of sp³-hybridized carbons (Fsp3) is 1.00. The van der Waals surface area contributed by atoms with Crippen LogP contribution in [0.2, 0.25) is 0 Å². The van der Waals surface area contributed by atoms with Crippen LogP contribution < -0.4 is 5.32 Å². The van der Waals surface area contributed by atoms with E-state index in [1.807, 2.05) is 7.05 Å². The Morgan fingerprint density at radius 1 is 1.06 bits per heavy atom. The van der Waals surface area contributed by atoms with Gasteiger partial charge in [-0.3, -0.25) is 0 Å². The molecule has 0 saturated heterocycles. The van der Waals surface area contributed by atoms with Crippen molar-refractivity contribution in [2.75, 3.05) is 27.3 Å². The van der Waals surface area contributed by atoms with Gasteiger partial charge in [-0.2, -0.15) is 0 Å². The van der Waals surface area contributed by atoms with Gasteiger partial charge in [0, 0.05) is 19.1 Å².